The lowest BCUT2D eigenvalue weighted by Gasteiger charge is -2.27. The molecule has 0 bridgehead atoms. The van der Waals surface area contributed by atoms with E-state index in [2.05, 4.69) is 0 Å². The summed E-state index contributed by atoms with van der Waals surface area (Å²) < 4.78 is 10.8. The summed E-state index contributed by atoms with van der Waals surface area (Å²) in [5.41, 5.74) is 6.40. The van der Waals surface area contributed by atoms with Crippen molar-refractivity contribution in [3.05, 3.63) is 60.2 Å². The van der Waals surface area contributed by atoms with Gasteiger partial charge in [-0.1, -0.05) is 36.4 Å². The Hall–Kier alpha value is -2.04. The summed E-state index contributed by atoms with van der Waals surface area (Å²) in [6.45, 7) is 0.289. The number of aliphatic hydroxyl groups excluding tert-OH is 1. The lowest BCUT2D eigenvalue weighted by atomic mass is 9.89. The van der Waals surface area contributed by atoms with Gasteiger partial charge in [-0.25, -0.2) is 0 Å². The average Bonchev–Trinajstić information content (AvgIpc) is 2.55. The molecule has 112 valence electrons. The fourth-order valence-corrected chi connectivity index (χ4v) is 2.13. The number of hydrogen-bond acceptors (Lipinski definition) is 4. The summed E-state index contributed by atoms with van der Waals surface area (Å²) in [6.07, 6.45) is 0.519. The van der Waals surface area contributed by atoms with Gasteiger partial charge in [-0.2, -0.15) is 0 Å². The highest BCUT2D eigenvalue weighted by Crippen LogP contribution is 2.23. The predicted molar refractivity (Wildman–Crippen MR) is 82.5 cm³/mol. The third kappa shape index (κ3) is 3.97. The van der Waals surface area contributed by atoms with Gasteiger partial charge in [-0.05, 0) is 17.7 Å². The Morgan fingerprint density at radius 2 is 1.76 bits per heavy atom. The molecule has 0 heterocycles. The zero-order valence-electron chi connectivity index (χ0n) is 12.2. The first-order valence-electron chi connectivity index (χ1n) is 6.90. The van der Waals surface area contributed by atoms with Crippen LogP contribution in [0.3, 0.4) is 0 Å². The van der Waals surface area contributed by atoms with Crippen molar-refractivity contribution in [3.8, 4) is 11.5 Å². The molecule has 0 aliphatic rings. The summed E-state index contributed by atoms with van der Waals surface area (Å²) in [5, 5.41) is 9.62. The third-order valence-corrected chi connectivity index (χ3v) is 3.49. The van der Waals surface area contributed by atoms with E-state index in [1.807, 2.05) is 54.6 Å². The molecule has 4 heteroatoms. The van der Waals surface area contributed by atoms with Crippen molar-refractivity contribution in [3.63, 3.8) is 0 Å². The minimum Gasteiger partial charge on any atom is -0.497 e. The standard InChI is InChI=1S/C17H21NO3/c1-20-15-8-5-9-16(12-15)21-11-10-17(18,13-19)14-6-3-2-4-7-14/h2-9,12,19H,10-11,13,18H2,1H3. The molecule has 0 aliphatic carbocycles. The van der Waals surface area contributed by atoms with Gasteiger partial charge in [-0.15, -0.1) is 0 Å². The number of nitrogens with two attached hydrogens (primary N) is 1. The Balaban J connectivity index is 1.97. The molecule has 2 aromatic carbocycles. The molecule has 3 N–H and O–H groups in total. The van der Waals surface area contributed by atoms with Crippen LogP contribution in [0, 0.1) is 0 Å². The minimum atomic E-state index is -0.792. The molecule has 0 saturated carbocycles. The number of aliphatic hydroxyl groups is 1. The van der Waals surface area contributed by atoms with Crippen LogP contribution in [0.1, 0.15) is 12.0 Å². The zero-order chi connectivity index (χ0) is 15.1. The van der Waals surface area contributed by atoms with E-state index in [-0.39, 0.29) is 6.61 Å². The lowest BCUT2D eigenvalue weighted by Crippen LogP contribution is -2.41. The number of benzene rings is 2. The van der Waals surface area contributed by atoms with Crippen LogP contribution in [0.25, 0.3) is 0 Å². The Morgan fingerprint density at radius 1 is 1.05 bits per heavy atom. The molecule has 0 amide bonds. The van der Waals surface area contributed by atoms with Crippen molar-refractivity contribution in [2.45, 2.75) is 12.0 Å². The van der Waals surface area contributed by atoms with Crippen LogP contribution in [0.15, 0.2) is 54.6 Å². The smallest absolute Gasteiger partial charge is 0.122 e. The second-order valence-electron chi connectivity index (χ2n) is 4.96. The normalized spacial score (nSPS) is 13.5. The van der Waals surface area contributed by atoms with Gasteiger partial charge in [-0.3, -0.25) is 0 Å². The van der Waals surface area contributed by atoms with E-state index in [0.29, 0.717) is 13.0 Å². The maximum atomic E-state index is 9.62. The van der Waals surface area contributed by atoms with Crippen LogP contribution in [-0.4, -0.2) is 25.4 Å². The summed E-state index contributed by atoms with van der Waals surface area (Å²) in [6, 6.07) is 17.0. The van der Waals surface area contributed by atoms with Crippen LogP contribution < -0.4 is 15.2 Å². The summed E-state index contributed by atoms with van der Waals surface area (Å²) in [4.78, 5) is 0. The average molecular weight is 287 g/mol. The van der Waals surface area contributed by atoms with Crippen LogP contribution >= 0.6 is 0 Å². The third-order valence-electron chi connectivity index (χ3n) is 3.49. The first kappa shape index (κ1) is 15.4. The van der Waals surface area contributed by atoms with E-state index in [4.69, 9.17) is 15.2 Å². The second-order valence-corrected chi connectivity index (χ2v) is 4.96. The Morgan fingerprint density at radius 3 is 2.43 bits per heavy atom. The van der Waals surface area contributed by atoms with E-state index < -0.39 is 5.54 Å². The molecule has 2 rings (SSSR count). The molecule has 0 aliphatic heterocycles. The van der Waals surface area contributed by atoms with Gasteiger partial charge in [0.05, 0.1) is 25.9 Å². The summed E-state index contributed by atoms with van der Waals surface area (Å²) in [5.74, 6) is 1.47. The maximum Gasteiger partial charge on any atom is 0.122 e. The maximum absolute atomic E-state index is 9.62. The predicted octanol–water partition coefficient (Wildman–Crippen LogP) is 2.31. The van der Waals surface area contributed by atoms with Crippen LogP contribution in [-0.2, 0) is 5.54 Å². The number of ether oxygens (including phenoxy) is 2. The molecule has 4 nitrogen and oxygen atoms in total. The van der Waals surface area contributed by atoms with Crippen molar-refractivity contribution < 1.29 is 14.6 Å². The van der Waals surface area contributed by atoms with Crippen molar-refractivity contribution in [1.82, 2.24) is 0 Å². The van der Waals surface area contributed by atoms with E-state index >= 15 is 0 Å². The molecular weight excluding hydrogens is 266 g/mol. The van der Waals surface area contributed by atoms with E-state index in [9.17, 15) is 5.11 Å². The Bertz CT molecular complexity index is 559. The van der Waals surface area contributed by atoms with Crippen molar-refractivity contribution in [1.29, 1.82) is 0 Å². The first-order chi connectivity index (χ1) is 10.2. The van der Waals surface area contributed by atoms with Gasteiger partial charge in [0.2, 0.25) is 0 Å². The zero-order valence-corrected chi connectivity index (χ0v) is 12.2. The van der Waals surface area contributed by atoms with Crippen molar-refractivity contribution in [2.75, 3.05) is 20.3 Å². The van der Waals surface area contributed by atoms with Gasteiger partial charge in [0, 0.05) is 12.5 Å². The van der Waals surface area contributed by atoms with Gasteiger partial charge in [0.25, 0.3) is 0 Å². The van der Waals surface area contributed by atoms with Crippen molar-refractivity contribution in [2.24, 2.45) is 5.73 Å². The summed E-state index contributed by atoms with van der Waals surface area (Å²) in [7, 11) is 1.62. The Labute approximate surface area is 125 Å². The molecule has 0 saturated heterocycles. The highest BCUT2D eigenvalue weighted by Gasteiger charge is 2.26. The first-order valence-corrected chi connectivity index (χ1v) is 6.90. The van der Waals surface area contributed by atoms with E-state index in [1.54, 1.807) is 7.11 Å². The number of hydrogen-bond donors (Lipinski definition) is 2. The molecule has 0 aromatic heterocycles. The molecule has 1 atom stereocenters. The van der Waals surface area contributed by atoms with Gasteiger partial charge in [0.1, 0.15) is 11.5 Å². The van der Waals surface area contributed by atoms with Crippen LogP contribution in [0.4, 0.5) is 0 Å². The van der Waals surface area contributed by atoms with Crippen LogP contribution in [0.5, 0.6) is 11.5 Å². The Kier molecular flexibility index (Phi) is 5.20. The fraction of sp³-hybridized carbons (Fsp3) is 0.294. The molecule has 21 heavy (non-hydrogen) atoms. The van der Waals surface area contributed by atoms with Gasteiger partial charge >= 0.3 is 0 Å². The molecule has 2 aromatic rings. The number of methoxy groups -OCH3 is 1. The lowest BCUT2D eigenvalue weighted by molar-refractivity contribution is 0.162. The van der Waals surface area contributed by atoms with E-state index in [1.165, 1.54) is 0 Å². The highest BCUT2D eigenvalue weighted by molar-refractivity contribution is 5.32. The molecule has 1 unspecified atom stereocenters. The van der Waals surface area contributed by atoms with Gasteiger partial charge < -0.3 is 20.3 Å². The summed E-state index contributed by atoms with van der Waals surface area (Å²) >= 11 is 0. The topological polar surface area (TPSA) is 64.7 Å². The second kappa shape index (κ2) is 7.11. The SMILES string of the molecule is COc1cccc(OCCC(N)(CO)c2ccccc2)c1. The molecule has 0 fully saturated rings. The van der Waals surface area contributed by atoms with Gasteiger partial charge in [0.15, 0.2) is 0 Å². The highest BCUT2D eigenvalue weighted by atomic mass is 16.5. The molecule has 0 spiro atoms. The quantitative estimate of drug-likeness (QED) is 0.820. The number of rotatable bonds is 7. The molecule has 0 radical (unpaired) electrons. The van der Waals surface area contributed by atoms with E-state index in [0.717, 1.165) is 17.1 Å². The largest absolute Gasteiger partial charge is 0.497 e. The minimum absolute atomic E-state index is 0.127. The fourth-order valence-electron chi connectivity index (χ4n) is 2.13. The molecular formula is C17H21NO3. The van der Waals surface area contributed by atoms with Crippen LogP contribution in [0.2, 0.25) is 0 Å². The van der Waals surface area contributed by atoms with Crippen molar-refractivity contribution >= 4 is 0 Å². The monoisotopic (exact) mass is 287 g/mol.